The van der Waals surface area contributed by atoms with E-state index in [2.05, 4.69) is 0 Å². The number of nitrogens with zero attached hydrogens (tertiary/aromatic N) is 1. The van der Waals surface area contributed by atoms with Gasteiger partial charge in [0.2, 0.25) is 5.91 Å². The molecule has 0 saturated carbocycles. The van der Waals surface area contributed by atoms with E-state index in [0.717, 1.165) is 5.56 Å². The van der Waals surface area contributed by atoms with E-state index in [4.69, 9.17) is 14.6 Å². The van der Waals surface area contributed by atoms with Gasteiger partial charge in [0.1, 0.15) is 0 Å². The molecule has 0 spiro atoms. The topological polar surface area (TPSA) is 76.1 Å². The Hall–Kier alpha value is -2.24. The molecule has 0 unspecified atom stereocenters. The lowest BCUT2D eigenvalue weighted by Crippen LogP contribution is -2.47. The van der Waals surface area contributed by atoms with Crippen molar-refractivity contribution in [3.8, 4) is 11.5 Å². The number of likely N-dealkylation sites (N-methyl/N-ethyl adjacent to an activating group) is 1. The van der Waals surface area contributed by atoms with Crippen LogP contribution in [0.25, 0.3) is 0 Å². The maximum absolute atomic E-state index is 13.3. The van der Waals surface area contributed by atoms with E-state index in [-0.39, 0.29) is 18.9 Å². The molecule has 6 nitrogen and oxygen atoms in total. The van der Waals surface area contributed by atoms with Gasteiger partial charge in [0.05, 0.1) is 26.1 Å². The Morgan fingerprint density at radius 3 is 2.12 bits per heavy atom. The molecule has 25 heavy (non-hydrogen) atoms. The first-order valence-electron chi connectivity index (χ1n) is 8.63. The molecule has 1 aromatic rings. The molecule has 0 atom stereocenters. The van der Waals surface area contributed by atoms with Gasteiger partial charge in [-0.2, -0.15) is 0 Å². The fourth-order valence-corrected chi connectivity index (χ4v) is 3.15. The lowest BCUT2D eigenvalue weighted by molar-refractivity contribution is -0.140. The van der Waals surface area contributed by atoms with Crippen LogP contribution in [0, 0.1) is 0 Å². The zero-order valence-corrected chi connectivity index (χ0v) is 15.8. The molecule has 1 aromatic carbocycles. The molecule has 0 aromatic heterocycles. The van der Waals surface area contributed by atoms with Crippen LogP contribution < -0.4 is 9.47 Å². The third-order valence-corrected chi connectivity index (χ3v) is 4.82. The molecule has 0 bridgehead atoms. The summed E-state index contributed by atoms with van der Waals surface area (Å²) in [5.74, 6) is 0.232. The van der Waals surface area contributed by atoms with Gasteiger partial charge in [-0.3, -0.25) is 9.59 Å². The second-order valence-corrected chi connectivity index (χ2v) is 5.89. The third-order valence-electron chi connectivity index (χ3n) is 4.82. The molecule has 0 saturated heterocycles. The van der Waals surface area contributed by atoms with Gasteiger partial charge in [0, 0.05) is 13.1 Å². The molecule has 6 heteroatoms. The van der Waals surface area contributed by atoms with Crippen molar-refractivity contribution in [1.29, 1.82) is 0 Å². The van der Waals surface area contributed by atoms with Crippen molar-refractivity contribution in [3.63, 3.8) is 0 Å². The average molecular weight is 351 g/mol. The van der Waals surface area contributed by atoms with Crippen molar-refractivity contribution in [2.24, 2.45) is 0 Å². The van der Waals surface area contributed by atoms with Crippen molar-refractivity contribution in [2.45, 2.75) is 45.4 Å². The molecular weight excluding hydrogens is 322 g/mol. The van der Waals surface area contributed by atoms with E-state index in [1.165, 1.54) is 0 Å². The first-order chi connectivity index (χ1) is 11.9. The van der Waals surface area contributed by atoms with E-state index < -0.39 is 11.4 Å². The molecule has 0 radical (unpaired) electrons. The highest BCUT2D eigenvalue weighted by Crippen LogP contribution is 2.38. The van der Waals surface area contributed by atoms with E-state index in [1.807, 2.05) is 32.9 Å². The zero-order valence-electron chi connectivity index (χ0n) is 15.8. The molecule has 0 fully saturated rings. The quantitative estimate of drug-likeness (QED) is 0.701. The van der Waals surface area contributed by atoms with Crippen molar-refractivity contribution in [1.82, 2.24) is 4.90 Å². The largest absolute Gasteiger partial charge is 0.493 e. The number of carbonyl (C=O) groups excluding carboxylic acids is 1. The normalized spacial score (nSPS) is 11.1. The second kappa shape index (κ2) is 9.30. The number of carboxylic acid groups (broad SMARTS) is 1. The molecule has 1 amide bonds. The summed E-state index contributed by atoms with van der Waals surface area (Å²) >= 11 is 0. The lowest BCUT2D eigenvalue weighted by Gasteiger charge is -2.36. The van der Waals surface area contributed by atoms with Gasteiger partial charge < -0.3 is 19.5 Å². The van der Waals surface area contributed by atoms with Gasteiger partial charge in [-0.25, -0.2) is 0 Å². The molecule has 140 valence electrons. The number of ether oxygens (including phenoxy) is 2. The Morgan fingerprint density at radius 2 is 1.68 bits per heavy atom. The fourth-order valence-electron chi connectivity index (χ4n) is 3.15. The highest BCUT2D eigenvalue weighted by molar-refractivity contribution is 5.88. The van der Waals surface area contributed by atoms with E-state index in [9.17, 15) is 9.59 Å². The minimum absolute atomic E-state index is 0.0477. The number of carbonyl (C=O) groups is 2. The van der Waals surface area contributed by atoms with Crippen LogP contribution in [0.1, 0.15) is 45.6 Å². The fraction of sp³-hybridized carbons (Fsp3) is 0.579. The summed E-state index contributed by atoms with van der Waals surface area (Å²) in [5.41, 5.74) is 0.141. The number of hydrogen-bond donors (Lipinski definition) is 1. The smallest absolute Gasteiger partial charge is 0.305 e. The van der Waals surface area contributed by atoms with Crippen LogP contribution in [0.15, 0.2) is 18.2 Å². The Bertz CT molecular complexity index is 595. The van der Waals surface area contributed by atoms with E-state index >= 15 is 0 Å². The molecular formula is C19H29NO5. The molecule has 0 heterocycles. The maximum atomic E-state index is 13.3. The number of aliphatic carboxylic acids is 1. The Kier molecular flexibility index (Phi) is 7.74. The van der Waals surface area contributed by atoms with Gasteiger partial charge in [0.25, 0.3) is 0 Å². The summed E-state index contributed by atoms with van der Waals surface area (Å²) in [6.07, 6.45) is 1.16. The monoisotopic (exact) mass is 351 g/mol. The van der Waals surface area contributed by atoms with Gasteiger partial charge in [-0.05, 0) is 37.5 Å². The van der Waals surface area contributed by atoms with Crippen LogP contribution in [-0.4, -0.2) is 49.2 Å². The standard InChI is InChI=1S/C19H29NO5/c1-6-19(7-2,18(23)20(8-3)12-11-17(21)22)14-9-10-15(24-4)16(13-14)25-5/h9-10,13H,6-8,11-12H2,1-5H3,(H,21,22). The number of benzene rings is 1. The van der Waals surface area contributed by atoms with Crippen LogP contribution >= 0.6 is 0 Å². The highest BCUT2D eigenvalue weighted by Gasteiger charge is 2.40. The summed E-state index contributed by atoms with van der Waals surface area (Å²) in [4.78, 5) is 25.8. The predicted octanol–water partition coefficient (Wildman–Crippen LogP) is 3.08. The van der Waals surface area contributed by atoms with Gasteiger partial charge in [-0.15, -0.1) is 0 Å². The number of amides is 1. The van der Waals surface area contributed by atoms with Crippen LogP contribution in [0.4, 0.5) is 0 Å². The first kappa shape index (κ1) is 20.8. The molecule has 0 aliphatic rings. The minimum atomic E-state index is -0.907. The van der Waals surface area contributed by atoms with Gasteiger partial charge in [-0.1, -0.05) is 19.9 Å². The number of carboxylic acids is 1. The highest BCUT2D eigenvalue weighted by atomic mass is 16.5. The molecule has 1 rings (SSSR count). The van der Waals surface area contributed by atoms with Crippen molar-refractivity contribution < 1.29 is 24.2 Å². The Balaban J connectivity index is 3.30. The molecule has 0 aliphatic heterocycles. The number of hydrogen-bond acceptors (Lipinski definition) is 4. The van der Waals surface area contributed by atoms with E-state index in [1.54, 1.807) is 25.2 Å². The summed E-state index contributed by atoms with van der Waals surface area (Å²) in [6.45, 7) is 6.50. The van der Waals surface area contributed by atoms with Crippen LogP contribution in [0.5, 0.6) is 11.5 Å². The van der Waals surface area contributed by atoms with E-state index in [0.29, 0.717) is 30.9 Å². The molecule has 0 aliphatic carbocycles. The Morgan fingerprint density at radius 1 is 1.08 bits per heavy atom. The van der Waals surface area contributed by atoms with Gasteiger partial charge >= 0.3 is 5.97 Å². The van der Waals surface area contributed by atoms with Crippen molar-refractivity contribution in [2.75, 3.05) is 27.3 Å². The second-order valence-electron chi connectivity index (χ2n) is 5.89. The summed E-state index contributed by atoms with van der Waals surface area (Å²) in [7, 11) is 3.13. The summed E-state index contributed by atoms with van der Waals surface area (Å²) < 4.78 is 10.7. The average Bonchev–Trinajstić information content (AvgIpc) is 2.63. The van der Waals surface area contributed by atoms with Gasteiger partial charge in [0.15, 0.2) is 11.5 Å². The van der Waals surface area contributed by atoms with Crippen LogP contribution in [0.2, 0.25) is 0 Å². The predicted molar refractivity (Wildman–Crippen MR) is 96.3 cm³/mol. The number of rotatable bonds is 10. The summed E-state index contributed by atoms with van der Waals surface area (Å²) in [6, 6.07) is 5.53. The number of methoxy groups -OCH3 is 2. The Labute approximate surface area is 149 Å². The molecule has 1 N–H and O–H groups in total. The van der Waals surface area contributed by atoms with Crippen molar-refractivity contribution in [3.05, 3.63) is 23.8 Å². The minimum Gasteiger partial charge on any atom is -0.493 e. The first-order valence-corrected chi connectivity index (χ1v) is 8.63. The third kappa shape index (κ3) is 4.44. The SMILES string of the molecule is CCN(CCC(=O)O)C(=O)C(CC)(CC)c1ccc(OC)c(OC)c1. The maximum Gasteiger partial charge on any atom is 0.305 e. The zero-order chi connectivity index (χ0) is 19.0. The van der Waals surface area contributed by atoms with Crippen LogP contribution in [-0.2, 0) is 15.0 Å². The summed E-state index contributed by atoms with van der Waals surface area (Å²) in [5, 5.41) is 8.93. The van der Waals surface area contributed by atoms with Crippen molar-refractivity contribution >= 4 is 11.9 Å². The van der Waals surface area contributed by atoms with Crippen LogP contribution in [0.3, 0.4) is 0 Å². The lowest BCUT2D eigenvalue weighted by atomic mass is 9.74.